The van der Waals surface area contributed by atoms with Crippen LogP contribution in [0.4, 0.5) is 0 Å². The molecule has 0 radical (unpaired) electrons. The SMILES string of the molecule is Cc1ccc(-c2nc(CN(C)C(C)c3ccc(S(N)(=O)=O)cc3)cs2)o1. The molecule has 0 saturated carbocycles. The fraction of sp³-hybridized carbons (Fsp3) is 0.278. The number of nitrogens with two attached hydrogens (primary N) is 1. The zero-order valence-electron chi connectivity index (χ0n) is 14.8. The third-order valence-corrected chi connectivity index (χ3v) is 6.10. The molecule has 6 nitrogen and oxygen atoms in total. The van der Waals surface area contributed by atoms with E-state index in [0.29, 0.717) is 6.54 Å². The molecule has 2 aromatic heterocycles. The Hall–Kier alpha value is -2.00. The molecule has 2 N–H and O–H groups in total. The predicted molar refractivity (Wildman–Crippen MR) is 102 cm³/mol. The van der Waals surface area contributed by atoms with Crippen molar-refractivity contribution < 1.29 is 12.8 Å². The summed E-state index contributed by atoms with van der Waals surface area (Å²) >= 11 is 1.56. The van der Waals surface area contributed by atoms with Crippen molar-refractivity contribution in [3.63, 3.8) is 0 Å². The molecule has 0 amide bonds. The van der Waals surface area contributed by atoms with Gasteiger partial charge in [0.15, 0.2) is 10.8 Å². The first-order valence-corrected chi connectivity index (χ1v) is 10.5. The maximum absolute atomic E-state index is 11.4. The number of furan rings is 1. The highest BCUT2D eigenvalue weighted by molar-refractivity contribution is 7.89. The average molecular weight is 392 g/mol. The Bertz CT molecular complexity index is 991. The first-order chi connectivity index (χ1) is 12.2. The Kier molecular flexibility index (Phi) is 5.29. The number of hydrogen-bond acceptors (Lipinski definition) is 6. The molecule has 3 rings (SSSR count). The smallest absolute Gasteiger partial charge is 0.238 e. The molecule has 0 aliphatic rings. The molecule has 0 bridgehead atoms. The van der Waals surface area contributed by atoms with Gasteiger partial charge in [-0.15, -0.1) is 11.3 Å². The van der Waals surface area contributed by atoms with Gasteiger partial charge in [-0.05, 0) is 50.7 Å². The second-order valence-corrected chi connectivity index (χ2v) is 8.68. The minimum atomic E-state index is -3.67. The van der Waals surface area contributed by atoms with E-state index in [-0.39, 0.29) is 10.9 Å². The molecule has 8 heteroatoms. The number of hydrogen-bond donors (Lipinski definition) is 1. The fourth-order valence-corrected chi connectivity index (χ4v) is 3.91. The van der Waals surface area contributed by atoms with Crippen LogP contribution in [-0.4, -0.2) is 25.3 Å². The zero-order valence-corrected chi connectivity index (χ0v) is 16.5. The van der Waals surface area contributed by atoms with Crippen molar-refractivity contribution in [2.45, 2.75) is 31.3 Å². The van der Waals surface area contributed by atoms with Crippen LogP contribution < -0.4 is 5.14 Å². The van der Waals surface area contributed by atoms with Crippen LogP contribution in [0.2, 0.25) is 0 Å². The van der Waals surface area contributed by atoms with Gasteiger partial charge >= 0.3 is 0 Å². The van der Waals surface area contributed by atoms with Gasteiger partial charge in [-0.3, -0.25) is 4.90 Å². The number of benzene rings is 1. The molecule has 0 aliphatic carbocycles. The van der Waals surface area contributed by atoms with Gasteiger partial charge in [-0.25, -0.2) is 18.5 Å². The molecule has 1 atom stereocenters. The first-order valence-electron chi connectivity index (χ1n) is 8.08. The van der Waals surface area contributed by atoms with E-state index in [1.807, 2.05) is 31.5 Å². The van der Waals surface area contributed by atoms with E-state index in [4.69, 9.17) is 9.56 Å². The van der Waals surface area contributed by atoms with Crippen molar-refractivity contribution >= 4 is 21.4 Å². The molecule has 1 unspecified atom stereocenters. The summed E-state index contributed by atoms with van der Waals surface area (Å²) in [5, 5.41) is 8.04. The van der Waals surface area contributed by atoms with Crippen molar-refractivity contribution in [3.8, 4) is 10.8 Å². The van der Waals surface area contributed by atoms with Crippen LogP contribution in [0.25, 0.3) is 10.8 Å². The van der Waals surface area contributed by atoms with Gasteiger partial charge in [0.1, 0.15) is 5.76 Å². The standard InChI is InChI=1S/C18H21N3O3S2/c1-12-4-9-17(24-12)18-20-15(11-25-18)10-21(3)13(2)14-5-7-16(8-6-14)26(19,22)23/h4-9,11,13H,10H2,1-3H3,(H2,19,22,23). The zero-order chi connectivity index (χ0) is 18.9. The molecular formula is C18H21N3O3S2. The van der Waals surface area contributed by atoms with E-state index < -0.39 is 10.0 Å². The lowest BCUT2D eigenvalue weighted by Gasteiger charge is -2.24. The lowest BCUT2D eigenvalue weighted by molar-refractivity contribution is 0.250. The van der Waals surface area contributed by atoms with Crippen molar-refractivity contribution in [2.75, 3.05) is 7.05 Å². The second kappa shape index (κ2) is 7.32. The highest BCUT2D eigenvalue weighted by Crippen LogP contribution is 2.27. The number of primary sulfonamides is 1. The number of rotatable bonds is 6. The van der Waals surface area contributed by atoms with E-state index in [9.17, 15) is 8.42 Å². The monoisotopic (exact) mass is 391 g/mol. The van der Waals surface area contributed by atoms with Gasteiger partial charge in [-0.2, -0.15) is 0 Å². The van der Waals surface area contributed by atoms with Crippen LogP contribution in [0.3, 0.4) is 0 Å². The molecule has 26 heavy (non-hydrogen) atoms. The Labute approximate surface area is 157 Å². The Balaban J connectivity index is 1.69. The summed E-state index contributed by atoms with van der Waals surface area (Å²) in [6, 6.07) is 10.6. The lowest BCUT2D eigenvalue weighted by atomic mass is 10.1. The molecule has 1 aromatic carbocycles. The Morgan fingerprint density at radius 2 is 1.92 bits per heavy atom. The number of sulfonamides is 1. The molecular weight excluding hydrogens is 370 g/mol. The van der Waals surface area contributed by atoms with Crippen molar-refractivity contribution in [1.82, 2.24) is 9.88 Å². The van der Waals surface area contributed by atoms with Crippen LogP contribution in [0, 0.1) is 6.92 Å². The largest absolute Gasteiger partial charge is 0.459 e. The van der Waals surface area contributed by atoms with E-state index in [2.05, 4.69) is 16.8 Å². The second-order valence-electron chi connectivity index (χ2n) is 6.26. The number of aromatic nitrogens is 1. The van der Waals surface area contributed by atoms with Gasteiger partial charge < -0.3 is 4.42 Å². The van der Waals surface area contributed by atoms with Gasteiger partial charge in [-0.1, -0.05) is 12.1 Å². The maximum atomic E-state index is 11.4. The quantitative estimate of drug-likeness (QED) is 0.694. The fourth-order valence-electron chi connectivity index (χ4n) is 2.63. The number of aryl methyl sites for hydroxylation is 1. The number of thiazole rings is 1. The third-order valence-electron chi connectivity index (χ3n) is 4.27. The summed E-state index contributed by atoms with van der Waals surface area (Å²) in [6.07, 6.45) is 0. The topological polar surface area (TPSA) is 89.4 Å². The van der Waals surface area contributed by atoms with Crippen LogP contribution in [0.15, 0.2) is 51.1 Å². The van der Waals surface area contributed by atoms with Gasteiger partial charge in [0.2, 0.25) is 10.0 Å². The summed E-state index contributed by atoms with van der Waals surface area (Å²) in [5.41, 5.74) is 1.98. The molecule has 0 saturated heterocycles. The maximum Gasteiger partial charge on any atom is 0.238 e. The normalized spacial score (nSPS) is 13.3. The minimum absolute atomic E-state index is 0.0977. The molecule has 0 fully saturated rings. The molecule has 2 heterocycles. The summed E-state index contributed by atoms with van der Waals surface area (Å²) in [5.74, 6) is 1.65. The van der Waals surface area contributed by atoms with Crippen LogP contribution >= 0.6 is 11.3 Å². The van der Waals surface area contributed by atoms with Crippen LogP contribution in [0.5, 0.6) is 0 Å². The molecule has 0 aliphatic heterocycles. The highest BCUT2D eigenvalue weighted by Gasteiger charge is 2.16. The summed E-state index contributed by atoms with van der Waals surface area (Å²) in [6.45, 7) is 4.65. The van der Waals surface area contributed by atoms with Crippen molar-refractivity contribution in [3.05, 3.63) is 58.8 Å². The molecule has 138 valence electrons. The predicted octanol–water partition coefficient (Wildman–Crippen LogP) is 3.55. The number of nitrogens with zero attached hydrogens (tertiary/aromatic N) is 2. The third kappa shape index (κ3) is 4.21. The first kappa shape index (κ1) is 18.8. The van der Waals surface area contributed by atoms with Gasteiger partial charge in [0, 0.05) is 18.0 Å². The molecule has 0 spiro atoms. The van der Waals surface area contributed by atoms with E-state index >= 15 is 0 Å². The van der Waals surface area contributed by atoms with Crippen LogP contribution in [0.1, 0.15) is 30.0 Å². The minimum Gasteiger partial charge on any atom is -0.459 e. The summed E-state index contributed by atoms with van der Waals surface area (Å²) in [4.78, 5) is 6.91. The molecule has 3 aromatic rings. The summed E-state index contributed by atoms with van der Waals surface area (Å²) < 4.78 is 28.3. The Morgan fingerprint density at radius 3 is 2.50 bits per heavy atom. The van der Waals surface area contributed by atoms with Crippen LogP contribution in [-0.2, 0) is 16.6 Å². The van der Waals surface area contributed by atoms with Crippen molar-refractivity contribution in [2.24, 2.45) is 5.14 Å². The van der Waals surface area contributed by atoms with Crippen molar-refractivity contribution in [1.29, 1.82) is 0 Å². The van der Waals surface area contributed by atoms with E-state index in [1.165, 1.54) is 12.1 Å². The summed E-state index contributed by atoms with van der Waals surface area (Å²) in [7, 11) is -1.66. The van der Waals surface area contributed by atoms with Gasteiger partial charge in [0.05, 0.1) is 10.6 Å². The lowest BCUT2D eigenvalue weighted by Crippen LogP contribution is -2.22. The Morgan fingerprint density at radius 1 is 1.23 bits per heavy atom. The highest BCUT2D eigenvalue weighted by atomic mass is 32.2. The average Bonchev–Trinajstić information content (AvgIpc) is 3.22. The van der Waals surface area contributed by atoms with Gasteiger partial charge in [0.25, 0.3) is 0 Å². The van der Waals surface area contributed by atoms with E-state index in [1.54, 1.807) is 23.5 Å². The van der Waals surface area contributed by atoms with E-state index in [0.717, 1.165) is 27.8 Å².